The molecule has 1 nitrogen and oxygen atoms in total. The van der Waals surface area contributed by atoms with Gasteiger partial charge in [-0.15, -0.1) is 11.6 Å². The van der Waals surface area contributed by atoms with Crippen LogP contribution in [0.4, 0.5) is 5.69 Å². The topological polar surface area (TPSA) is 3.24 Å². The Morgan fingerprint density at radius 3 is 2.82 bits per heavy atom. The number of nitrogens with zero attached hydrogens (tertiary/aromatic N) is 1. The molecule has 1 aliphatic rings. The maximum Gasteiger partial charge on any atom is 0.0642 e. The van der Waals surface area contributed by atoms with Crippen molar-refractivity contribution in [3.05, 3.63) is 28.8 Å². The van der Waals surface area contributed by atoms with Gasteiger partial charge in [-0.25, -0.2) is 0 Å². The zero-order chi connectivity index (χ0) is 12.4. The van der Waals surface area contributed by atoms with Crippen LogP contribution in [0.3, 0.4) is 0 Å². The fourth-order valence-corrected chi connectivity index (χ4v) is 3.16. The van der Waals surface area contributed by atoms with Gasteiger partial charge in [-0.3, -0.25) is 0 Å². The molecule has 94 valence electrons. The summed E-state index contributed by atoms with van der Waals surface area (Å²) < 4.78 is 0. The Morgan fingerprint density at radius 1 is 1.35 bits per heavy atom. The molecule has 0 aromatic heterocycles. The molecule has 1 saturated heterocycles. The number of anilines is 1. The summed E-state index contributed by atoms with van der Waals surface area (Å²) in [7, 11) is 0. The van der Waals surface area contributed by atoms with E-state index in [0.29, 0.717) is 17.8 Å². The van der Waals surface area contributed by atoms with Gasteiger partial charge in [0.05, 0.1) is 10.7 Å². The van der Waals surface area contributed by atoms with E-state index in [0.717, 1.165) is 22.8 Å². The molecule has 0 N–H and O–H groups in total. The Morgan fingerprint density at radius 2 is 2.12 bits per heavy atom. The van der Waals surface area contributed by atoms with Crippen LogP contribution >= 0.6 is 23.2 Å². The quantitative estimate of drug-likeness (QED) is 0.705. The lowest BCUT2D eigenvalue weighted by molar-refractivity contribution is 0.363. The van der Waals surface area contributed by atoms with Gasteiger partial charge in [0, 0.05) is 18.5 Å². The fourth-order valence-electron chi connectivity index (χ4n) is 2.64. The van der Waals surface area contributed by atoms with E-state index in [-0.39, 0.29) is 0 Å². The van der Waals surface area contributed by atoms with Gasteiger partial charge < -0.3 is 4.90 Å². The number of hydrogen-bond donors (Lipinski definition) is 0. The standard InChI is InChI=1S/C14H19Cl2N/c1-10-5-4-8-17(11(10)2)14-12(9-15)6-3-7-13(14)16/h3,6-7,10-11H,4-5,8-9H2,1-2H3. The SMILES string of the molecule is CC1CCCN(c2c(Cl)cccc2CCl)C1C. The molecule has 1 fully saturated rings. The van der Waals surface area contributed by atoms with Crippen molar-refractivity contribution in [3.8, 4) is 0 Å². The minimum absolute atomic E-state index is 0.521. The molecule has 2 atom stereocenters. The van der Waals surface area contributed by atoms with Gasteiger partial charge >= 0.3 is 0 Å². The van der Waals surface area contributed by atoms with Crippen molar-refractivity contribution in [2.75, 3.05) is 11.4 Å². The van der Waals surface area contributed by atoms with E-state index < -0.39 is 0 Å². The molecule has 1 aromatic rings. The summed E-state index contributed by atoms with van der Waals surface area (Å²) in [6, 6.07) is 6.53. The highest BCUT2D eigenvalue weighted by atomic mass is 35.5. The molecule has 0 saturated carbocycles. The maximum atomic E-state index is 6.35. The number of rotatable bonds is 2. The van der Waals surface area contributed by atoms with E-state index in [9.17, 15) is 0 Å². The summed E-state index contributed by atoms with van der Waals surface area (Å²) in [5, 5.41) is 0.823. The van der Waals surface area contributed by atoms with E-state index >= 15 is 0 Å². The average molecular weight is 272 g/mol. The molecule has 0 aliphatic carbocycles. The van der Waals surface area contributed by atoms with Crippen LogP contribution < -0.4 is 4.90 Å². The molecule has 2 rings (SSSR count). The van der Waals surface area contributed by atoms with Crippen LogP contribution in [0.2, 0.25) is 5.02 Å². The van der Waals surface area contributed by atoms with Crippen LogP contribution in [-0.2, 0) is 5.88 Å². The van der Waals surface area contributed by atoms with Crippen molar-refractivity contribution < 1.29 is 0 Å². The third kappa shape index (κ3) is 2.56. The lowest BCUT2D eigenvalue weighted by Crippen LogP contribution is -2.43. The Hall–Kier alpha value is -0.400. The molecule has 3 heteroatoms. The van der Waals surface area contributed by atoms with E-state index in [4.69, 9.17) is 23.2 Å². The molecule has 2 unspecified atom stereocenters. The average Bonchev–Trinajstić information content (AvgIpc) is 2.33. The van der Waals surface area contributed by atoms with Crippen molar-refractivity contribution in [1.29, 1.82) is 0 Å². The summed E-state index contributed by atoms with van der Waals surface area (Å²) in [6.07, 6.45) is 2.54. The van der Waals surface area contributed by atoms with E-state index in [2.05, 4.69) is 24.8 Å². The predicted octanol–water partition coefficient (Wildman–Crippen LogP) is 4.70. The smallest absolute Gasteiger partial charge is 0.0642 e. The van der Waals surface area contributed by atoms with Gasteiger partial charge in [0.25, 0.3) is 0 Å². The minimum atomic E-state index is 0.521. The number of para-hydroxylation sites is 1. The highest BCUT2D eigenvalue weighted by Gasteiger charge is 2.27. The van der Waals surface area contributed by atoms with Crippen molar-refractivity contribution in [2.45, 2.75) is 38.6 Å². The Labute approximate surface area is 114 Å². The summed E-state index contributed by atoms with van der Waals surface area (Å²) in [5.41, 5.74) is 2.28. The van der Waals surface area contributed by atoms with Crippen molar-refractivity contribution in [1.82, 2.24) is 0 Å². The fraction of sp³-hybridized carbons (Fsp3) is 0.571. The van der Waals surface area contributed by atoms with Gasteiger partial charge in [0.1, 0.15) is 0 Å². The third-order valence-electron chi connectivity index (χ3n) is 3.88. The lowest BCUT2D eigenvalue weighted by Gasteiger charge is -2.41. The van der Waals surface area contributed by atoms with E-state index in [1.165, 1.54) is 12.8 Å². The van der Waals surface area contributed by atoms with Crippen molar-refractivity contribution in [2.24, 2.45) is 5.92 Å². The predicted molar refractivity (Wildman–Crippen MR) is 76.2 cm³/mol. The van der Waals surface area contributed by atoms with Gasteiger partial charge in [-0.1, -0.05) is 30.7 Å². The summed E-state index contributed by atoms with van der Waals surface area (Å²) in [5.74, 6) is 1.23. The first-order valence-corrected chi connectivity index (χ1v) is 7.16. The molecule has 1 aromatic carbocycles. The van der Waals surface area contributed by atoms with Crippen LogP contribution in [0, 0.1) is 5.92 Å². The molecule has 1 heterocycles. The number of alkyl halides is 1. The lowest BCUT2D eigenvalue weighted by atomic mass is 9.91. The summed E-state index contributed by atoms with van der Waals surface area (Å²) in [4.78, 5) is 2.42. The highest BCUT2D eigenvalue weighted by Crippen LogP contribution is 2.36. The first-order valence-electron chi connectivity index (χ1n) is 6.25. The minimum Gasteiger partial charge on any atom is -0.367 e. The molecule has 17 heavy (non-hydrogen) atoms. The Balaban J connectivity index is 2.38. The molecule has 0 radical (unpaired) electrons. The number of benzene rings is 1. The van der Waals surface area contributed by atoms with Crippen molar-refractivity contribution in [3.63, 3.8) is 0 Å². The van der Waals surface area contributed by atoms with Crippen LogP contribution in [0.25, 0.3) is 0 Å². The normalized spacial score (nSPS) is 25.1. The van der Waals surface area contributed by atoms with Gasteiger partial charge in [-0.2, -0.15) is 0 Å². The Bertz CT molecular complexity index is 392. The number of halogens is 2. The first-order chi connectivity index (χ1) is 8.15. The summed E-state index contributed by atoms with van der Waals surface area (Å²) in [6.45, 7) is 5.68. The van der Waals surface area contributed by atoms with Gasteiger partial charge in [0.15, 0.2) is 0 Å². The molecular formula is C14H19Cl2N. The molecular weight excluding hydrogens is 253 g/mol. The van der Waals surface area contributed by atoms with Gasteiger partial charge in [-0.05, 0) is 37.3 Å². The Kier molecular flexibility index (Phi) is 4.22. The van der Waals surface area contributed by atoms with Crippen LogP contribution in [0.1, 0.15) is 32.3 Å². The zero-order valence-electron chi connectivity index (χ0n) is 10.4. The van der Waals surface area contributed by atoms with Gasteiger partial charge in [0.2, 0.25) is 0 Å². The molecule has 0 spiro atoms. The van der Waals surface area contributed by atoms with Crippen LogP contribution in [0.5, 0.6) is 0 Å². The maximum absolute atomic E-state index is 6.35. The second-order valence-electron chi connectivity index (χ2n) is 4.93. The second-order valence-corrected chi connectivity index (χ2v) is 5.61. The second kappa shape index (κ2) is 5.49. The summed E-state index contributed by atoms with van der Waals surface area (Å²) >= 11 is 12.4. The van der Waals surface area contributed by atoms with Crippen molar-refractivity contribution >= 4 is 28.9 Å². The monoisotopic (exact) mass is 271 g/mol. The zero-order valence-corrected chi connectivity index (χ0v) is 11.9. The molecule has 0 amide bonds. The highest BCUT2D eigenvalue weighted by molar-refractivity contribution is 6.33. The molecule has 1 aliphatic heterocycles. The molecule has 0 bridgehead atoms. The third-order valence-corrected chi connectivity index (χ3v) is 4.47. The van der Waals surface area contributed by atoms with Crippen LogP contribution in [0.15, 0.2) is 18.2 Å². The largest absolute Gasteiger partial charge is 0.367 e. The van der Waals surface area contributed by atoms with Crippen LogP contribution in [-0.4, -0.2) is 12.6 Å². The van der Waals surface area contributed by atoms with E-state index in [1.54, 1.807) is 0 Å². The van der Waals surface area contributed by atoms with E-state index in [1.807, 2.05) is 12.1 Å². The number of hydrogen-bond acceptors (Lipinski definition) is 1. The number of piperidine rings is 1. The first kappa shape index (κ1) is 13.0.